The topological polar surface area (TPSA) is 55.1 Å². The zero-order valence-corrected chi connectivity index (χ0v) is 7.03. The van der Waals surface area contributed by atoms with Crippen LogP contribution in [0.2, 0.25) is 0 Å². The van der Waals surface area contributed by atoms with Crippen molar-refractivity contribution in [2.45, 2.75) is 5.92 Å². The average Bonchev–Trinajstić information content (AvgIpc) is 2.60. The van der Waals surface area contributed by atoms with Gasteiger partial charge in [-0.15, -0.1) is 0 Å². The average molecular weight is 174 g/mol. The van der Waals surface area contributed by atoms with Crippen LogP contribution in [0.1, 0.15) is 17.0 Å². The first-order chi connectivity index (χ1) is 6.33. The molecule has 1 unspecified atom stereocenters. The standard InChI is InChI=1S/C10H10N2O/c11-12-10(13)9-6-5-7-3-1-2-4-8(7)9/h1-6,9H,11H2,(H,12,13). The predicted octanol–water partition coefficient (Wildman–Crippen LogP) is 0.787. The molecule has 1 aliphatic rings. The molecule has 1 amide bonds. The van der Waals surface area contributed by atoms with Gasteiger partial charge in [0.05, 0.1) is 5.92 Å². The molecule has 0 aromatic heterocycles. The fourth-order valence-electron chi connectivity index (χ4n) is 1.57. The maximum Gasteiger partial charge on any atom is 0.245 e. The monoisotopic (exact) mass is 174 g/mol. The lowest BCUT2D eigenvalue weighted by Gasteiger charge is -2.07. The van der Waals surface area contributed by atoms with Crippen LogP contribution < -0.4 is 11.3 Å². The number of nitrogens with two attached hydrogens (primary N) is 1. The minimum Gasteiger partial charge on any atom is -0.293 e. The second kappa shape index (κ2) is 3.03. The number of nitrogens with one attached hydrogen (secondary N) is 1. The maximum absolute atomic E-state index is 11.3. The molecule has 0 fully saturated rings. The van der Waals surface area contributed by atoms with Gasteiger partial charge in [-0.25, -0.2) is 5.84 Å². The summed E-state index contributed by atoms with van der Waals surface area (Å²) in [6.07, 6.45) is 3.79. The summed E-state index contributed by atoms with van der Waals surface area (Å²) in [5.74, 6) is 4.69. The van der Waals surface area contributed by atoms with Gasteiger partial charge in [0.1, 0.15) is 0 Å². The second-order valence-corrected chi connectivity index (χ2v) is 2.97. The summed E-state index contributed by atoms with van der Waals surface area (Å²) in [5, 5.41) is 0. The molecule has 3 N–H and O–H groups in total. The number of carbonyl (C=O) groups is 1. The van der Waals surface area contributed by atoms with Gasteiger partial charge in [0, 0.05) is 0 Å². The van der Waals surface area contributed by atoms with Crippen molar-refractivity contribution in [3.63, 3.8) is 0 Å². The SMILES string of the molecule is NNC(=O)C1C=Cc2ccccc21. The molecule has 1 atom stereocenters. The van der Waals surface area contributed by atoms with E-state index in [4.69, 9.17) is 5.84 Å². The summed E-state index contributed by atoms with van der Waals surface area (Å²) >= 11 is 0. The van der Waals surface area contributed by atoms with Crippen molar-refractivity contribution in [3.8, 4) is 0 Å². The number of hydrazine groups is 1. The number of amides is 1. The largest absolute Gasteiger partial charge is 0.293 e. The van der Waals surface area contributed by atoms with Crippen molar-refractivity contribution in [2.24, 2.45) is 5.84 Å². The predicted molar refractivity (Wildman–Crippen MR) is 50.5 cm³/mol. The van der Waals surface area contributed by atoms with E-state index in [-0.39, 0.29) is 11.8 Å². The van der Waals surface area contributed by atoms with Crippen molar-refractivity contribution >= 4 is 12.0 Å². The molecule has 1 aliphatic carbocycles. The van der Waals surface area contributed by atoms with Crippen LogP contribution in [0.5, 0.6) is 0 Å². The van der Waals surface area contributed by atoms with Crippen LogP contribution in [0.25, 0.3) is 6.08 Å². The van der Waals surface area contributed by atoms with Crippen LogP contribution in [0, 0.1) is 0 Å². The molecule has 0 aliphatic heterocycles. The molecule has 1 aromatic carbocycles. The lowest BCUT2D eigenvalue weighted by molar-refractivity contribution is -0.121. The molecular formula is C10H10N2O. The highest BCUT2D eigenvalue weighted by atomic mass is 16.2. The van der Waals surface area contributed by atoms with Crippen molar-refractivity contribution in [2.75, 3.05) is 0 Å². The van der Waals surface area contributed by atoms with E-state index in [1.54, 1.807) is 0 Å². The Morgan fingerprint density at radius 1 is 1.38 bits per heavy atom. The molecule has 13 heavy (non-hydrogen) atoms. The van der Waals surface area contributed by atoms with Gasteiger partial charge in [-0.3, -0.25) is 10.2 Å². The van der Waals surface area contributed by atoms with Crippen LogP contribution >= 0.6 is 0 Å². The molecule has 3 nitrogen and oxygen atoms in total. The Balaban J connectivity index is 2.38. The first-order valence-corrected chi connectivity index (χ1v) is 4.10. The van der Waals surface area contributed by atoms with E-state index in [9.17, 15) is 4.79 Å². The van der Waals surface area contributed by atoms with Gasteiger partial charge >= 0.3 is 0 Å². The van der Waals surface area contributed by atoms with Gasteiger partial charge in [0.15, 0.2) is 0 Å². The van der Waals surface area contributed by atoms with Gasteiger partial charge in [-0.2, -0.15) is 0 Å². The third kappa shape index (κ3) is 1.23. The summed E-state index contributed by atoms with van der Waals surface area (Å²) in [5.41, 5.74) is 4.27. The molecule has 0 heterocycles. The van der Waals surface area contributed by atoms with Crippen LogP contribution in [0.15, 0.2) is 30.3 Å². The molecule has 66 valence electrons. The summed E-state index contributed by atoms with van der Waals surface area (Å²) in [6, 6.07) is 7.79. The number of rotatable bonds is 1. The fourth-order valence-corrected chi connectivity index (χ4v) is 1.57. The number of benzene rings is 1. The zero-order chi connectivity index (χ0) is 9.26. The van der Waals surface area contributed by atoms with E-state index in [0.717, 1.165) is 11.1 Å². The fraction of sp³-hybridized carbons (Fsp3) is 0.100. The van der Waals surface area contributed by atoms with Gasteiger partial charge in [-0.05, 0) is 11.1 Å². The van der Waals surface area contributed by atoms with Gasteiger partial charge in [0.2, 0.25) is 5.91 Å². The first-order valence-electron chi connectivity index (χ1n) is 4.10. The normalized spacial score (nSPS) is 18.4. The summed E-state index contributed by atoms with van der Waals surface area (Å²) < 4.78 is 0. The summed E-state index contributed by atoms with van der Waals surface area (Å²) in [4.78, 5) is 11.3. The van der Waals surface area contributed by atoms with Crippen LogP contribution in [0.3, 0.4) is 0 Å². The van der Waals surface area contributed by atoms with Crippen LogP contribution in [0.4, 0.5) is 0 Å². The quantitative estimate of drug-likeness (QED) is 0.375. The van der Waals surface area contributed by atoms with E-state index < -0.39 is 0 Å². The number of carbonyl (C=O) groups excluding carboxylic acids is 1. The number of fused-ring (bicyclic) bond motifs is 1. The maximum atomic E-state index is 11.3. The van der Waals surface area contributed by atoms with Crippen molar-refractivity contribution < 1.29 is 4.79 Å². The molecule has 2 rings (SSSR count). The zero-order valence-electron chi connectivity index (χ0n) is 7.03. The minimum absolute atomic E-state index is 0.166. The Morgan fingerprint density at radius 3 is 2.92 bits per heavy atom. The smallest absolute Gasteiger partial charge is 0.245 e. The highest BCUT2D eigenvalue weighted by Crippen LogP contribution is 2.29. The number of hydrogen-bond donors (Lipinski definition) is 2. The van der Waals surface area contributed by atoms with E-state index in [1.807, 2.05) is 36.4 Å². The van der Waals surface area contributed by atoms with Crippen LogP contribution in [-0.4, -0.2) is 5.91 Å². The Kier molecular flexibility index (Phi) is 1.87. The van der Waals surface area contributed by atoms with Gasteiger partial charge < -0.3 is 0 Å². The summed E-state index contributed by atoms with van der Waals surface area (Å²) in [6.45, 7) is 0. The molecule has 1 aromatic rings. The van der Waals surface area contributed by atoms with Crippen molar-refractivity contribution in [1.82, 2.24) is 5.43 Å². The van der Waals surface area contributed by atoms with Gasteiger partial charge in [0.25, 0.3) is 0 Å². The molecule has 0 bridgehead atoms. The highest BCUT2D eigenvalue weighted by molar-refractivity contribution is 5.89. The van der Waals surface area contributed by atoms with Gasteiger partial charge in [-0.1, -0.05) is 36.4 Å². The highest BCUT2D eigenvalue weighted by Gasteiger charge is 2.22. The third-order valence-corrected chi connectivity index (χ3v) is 2.22. The number of hydrogen-bond acceptors (Lipinski definition) is 2. The van der Waals surface area contributed by atoms with E-state index in [2.05, 4.69) is 5.43 Å². The van der Waals surface area contributed by atoms with Crippen LogP contribution in [-0.2, 0) is 4.79 Å². The molecular weight excluding hydrogens is 164 g/mol. The Hall–Kier alpha value is -1.61. The molecule has 0 saturated heterocycles. The van der Waals surface area contributed by atoms with E-state index in [1.165, 1.54) is 0 Å². The lowest BCUT2D eigenvalue weighted by atomic mass is 10.0. The van der Waals surface area contributed by atoms with Crippen molar-refractivity contribution in [1.29, 1.82) is 0 Å². The molecule has 0 spiro atoms. The Labute approximate surface area is 76.2 Å². The third-order valence-electron chi connectivity index (χ3n) is 2.22. The first kappa shape index (κ1) is 8.01. The minimum atomic E-state index is -0.221. The van der Waals surface area contributed by atoms with E-state index in [0.29, 0.717) is 0 Å². The van der Waals surface area contributed by atoms with Crippen molar-refractivity contribution in [3.05, 3.63) is 41.5 Å². The second-order valence-electron chi connectivity index (χ2n) is 2.97. The molecule has 0 saturated carbocycles. The lowest BCUT2D eigenvalue weighted by Crippen LogP contribution is -2.33. The van der Waals surface area contributed by atoms with E-state index >= 15 is 0 Å². The molecule has 0 radical (unpaired) electrons. The Morgan fingerprint density at radius 2 is 2.15 bits per heavy atom. The Bertz CT molecular complexity index is 371. The summed E-state index contributed by atoms with van der Waals surface area (Å²) in [7, 11) is 0. The molecule has 3 heteroatoms.